The Hall–Kier alpha value is -2.79. The zero-order valence-electron chi connectivity index (χ0n) is 15.0. The summed E-state index contributed by atoms with van der Waals surface area (Å²) in [6.45, 7) is 7.24. The van der Waals surface area contributed by atoms with Gasteiger partial charge in [0.25, 0.3) is 5.91 Å². The number of aryl methyl sites for hydroxylation is 2. The fourth-order valence-corrected chi connectivity index (χ4v) is 3.32. The van der Waals surface area contributed by atoms with Crippen LogP contribution >= 0.6 is 0 Å². The van der Waals surface area contributed by atoms with Gasteiger partial charge in [0, 0.05) is 35.4 Å². The lowest BCUT2D eigenvalue weighted by atomic mass is 10.1. The van der Waals surface area contributed by atoms with Crippen LogP contribution in [0.5, 0.6) is 0 Å². The summed E-state index contributed by atoms with van der Waals surface area (Å²) in [6, 6.07) is 13.8. The molecule has 5 heteroatoms. The average molecular weight is 350 g/mol. The van der Waals surface area contributed by atoms with Crippen molar-refractivity contribution >= 4 is 28.3 Å². The van der Waals surface area contributed by atoms with Gasteiger partial charge in [0.1, 0.15) is 5.58 Å². The van der Waals surface area contributed by atoms with Gasteiger partial charge in [-0.05, 0) is 50.2 Å². The van der Waals surface area contributed by atoms with Crippen molar-refractivity contribution in [3.8, 4) is 0 Å². The van der Waals surface area contributed by atoms with Crippen LogP contribution in [0, 0.1) is 13.8 Å². The lowest BCUT2D eigenvalue weighted by Crippen LogP contribution is -2.36. The third-order valence-electron chi connectivity index (χ3n) is 4.80. The van der Waals surface area contributed by atoms with Crippen LogP contribution in [0.4, 0.5) is 11.4 Å². The van der Waals surface area contributed by atoms with Crippen LogP contribution in [0.15, 0.2) is 46.9 Å². The van der Waals surface area contributed by atoms with Crippen molar-refractivity contribution < 1.29 is 13.9 Å². The van der Waals surface area contributed by atoms with Gasteiger partial charge in [-0.25, -0.2) is 0 Å². The standard InChI is InChI=1S/C21H22N2O3/c1-14-3-8-19-18(13-14)15(2)20(26-19)21(24)22-16-4-6-17(7-5-16)23-9-11-25-12-10-23/h3-8,13H,9-12H2,1-2H3,(H,22,24). The Balaban J connectivity index is 1.52. The number of furan rings is 1. The van der Waals surface area contributed by atoms with Gasteiger partial charge in [-0.3, -0.25) is 4.79 Å². The van der Waals surface area contributed by atoms with Gasteiger partial charge in [0.05, 0.1) is 13.2 Å². The van der Waals surface area contributed by atoms with Crippen LogP contribution in [0.3, 0.4) is 0 Å². The molecule has 1 amide bonds. The number of fused-ring (bicyclic) bond motifs is 1. The van der Waals surface area contributed by atoms with Crippen molar-refractivity contribution in [1.29, 1.82) is 0 Å². The maximum absolute atomic E-state index is 12.6. The first-order valence-corrected chi connectivity index (χ1v) is 8.86. The Bertz CT molecular complexity index is 938. The largest absolute Gasteiger partial charge is 0.451 e. The number of rotatable bonds is 3. The number of hydrogen-bond acceptors (Lipinski definition) is 4. The fraction of sp³-hybridized carbons (Fsp3) is 0.286. The number of morpholine rings is 1. The molecule has 1 aromatic heterocycles. The number of nitrogens with one attached hydrogen (secondary N) is 1. The van der Waals surface area contributed by atoms with Crippen molar-refractivity contribution in [3.63, 3.8) is 0 Å². The topological polar surface area (TPSA) is 54.7 Å². The van der Waals surface area contributed by atoms with E-state index in [9.17, 15) is 4.79 Å². The lowest BCUT2D eigenvalue weighted by molar-refractivity contribution is 0.0998. The van der Waals surface area contributed by atoms with Gasteiger partial charge in [0.15, 0.2) is 5.76 Å². The Labute approximate surface area is 152 Å². The number of ether oxygens (including phenoxy) is 1. The van der Waals surface area contributed by atoms with Crippen LogP contribution in [0.1, 0.15) is 21.7 Å². The summed E-state index contributed by atoms with van der Waals surface area (Å²) < 4.78 is 11.2. The number of hydrogen-bond donors (Lipinski definition) is 1. The maximum Gasteiger partial charge on any atom is 0.291 e. The average Bonchev–Trinajstić information content (AvgIpc) is 2.99. The number of carbonyl (C=O) groups is 1. The SMILES string of the molecule is Cc1ccc2oc(C(=O)Nc3ccc(N4CCOCC4)cc3)c(C)c2c1. The van der Waals surface area contributed by atoms with E-state index in [0.717, 1.165) is 59.8 Å². The molecule has 2 aromatic carbocycles. The molecule has 0 spiro atoms. The first-order valence-electron chi connectivity index (χ1n) is 8.86. The van der Waals surface area contributed by atoms with E-state index in [0.29, 0.717) is 5.76 Å². The minimum Gasteiger partial charge on any atom is -0.451 e. The van der Waals surface area contributed by atoms with Crippen LogP contribution < -0.4 is 10.2 Å². The van der Waals surface area contributed by atoms with Gasteiger partial charge in [-0.1, -0.05) is 11.6 Å². The monoisotopic (exact) mass is 350 g/mol. The van der Waals surface area contributed by atoms with Crippen molar-refractivity contribution in [2.75, 3.05) is 36.5 Å². The second-order valence-corrected chi connectivity index (χ2v) is 6.66. The van der Waals surface area contributed by atoms with Gasteiger partial charge < -0.3 is 19.4 Å². The van der Waals surface area contributed by atoms with Crippen LogP contribution in [0.2, 0.25) is 0 Å². The molecule has 1 saturated heterocycles. The molecule has 1 aliphatic rings. The number of carbonyl (C=O) groups excluding carboxylic acids is 1. The summed E-state index contributed by atoms with van der Waals surface area (Å²) in [7, 11) is 0. The molecule has 26 heavy (non-hydrogen) atoms. The lowest BCUT2D eigenvalue weighted by Gasteiger charge is -2.28. The molecule has 0 bridgehead atoms. The molecule has 0 aliphatic carbocycles. The molecule has 3 aromatic rings. The molecular weight excluding hydrogens is 328 g/mol. The van der Waals surface area contributed by atoms with E-state index in [-0.39, 0.29) is 5.91 Å². The summed E-state index contributed by atoms with van der Waals surface area (Å²) in [4.78, 5) is 14.9. The Kier molecular flexibility index (Phi) is 4.39. The zero-order valence-corrected chi connectivity index (χ0v) is 15.0. The molecule has 1 fully saturated rings. The molecule has 1 N–H and O–H groups in total. The molecule has 5 nitrogen and oxygen atoms in total. The number of amides is 1. The number of anilines is 2. The number of nitrogens with zero attached hydrogens (tertiary/aromatic N) is 1. The minimum atomic E-state index is -0.226. The molecule has 2 heterocycles. The van der Waals surface area contributed by atoms with Gasteiger partial charge in [-0.15, -0.1) is 0 Å². The first-order chi connectivity index (χ1) is 12.6. The third kappa shape index (κ3) is 3.18. The van der Waals surface area contributed by atoms with E-state index in [2.05, 4.69) is 10.2 Å². The zero-order chi connectivity index (χ0) is 18.1. The predicted octanol–water partition coefficient (Wildman–Crippen LogP) is 4.14. The Morgan fingerprint density at radius 1 is 1.04 bits per heavy atom. The quantitative estimate of drug-likeness (QED) is 0.771. The van der Waals surface area contributed by atoms with E-state index >= 15 is 0 Å². The van der Waals surface area contributed by atoms with Crippen LogP contribution in [0.25, 0.3) is 11.0 Å². The second-order valence-electron chi connectivity index (χ2n) is 6.66. The summed E-state index contributed by atoms with van der Waals surface area (Å²) in [5.41, 5.74) is 4.64. The highest BCUT2D eigenvalue weighted by Gasteiger charge is 2.18. The summed E-state index contributed by atoms with van der Waals surface area (Å²) in [6.07, 6.45) is 0. The van der Waals surface area contributed by atoms with Crippen LogP contribution in [-0.4, -0.2) is 32.2 Å². The minimum absolute atomic E-state index is 0.226. The Morgan fingerprint density at radius 3 is 2.50 bits per heavy atom. The van der Waals surface area contributed by atoms with Gasteiger partial charge in [0.2, 0.25) is 0 Å². The molecule has 0 radical (unpaired) electrons. The summed E-state index contributed by atoms with van der Waals surface area (Å²) >= 11 is 0. The Morgan fingerprint density at radius 2 is 1.77 bits per heavy atom. The molecule has 0 saturated carbocycles. The van der Waals surface area contributed by atoms with Crippen molar-refractivity contribution in [2.45, 2.75) is 13.8 Å². The highest BCUT2D eigenvalue weighted by atomic mass is 16.5. The summed E-state index contributed by atoms with van der Waals surface area (Å²) in [5, 5.41) is 3.91. The highest BCUT2D eigenvalue weighted by Crippen LogP contribution is 2.27. The normalized spacial score (nSPS) is 14.6. The van der Waals surface area contributed by atoms with E-state index < -0.39 is 0 Å². The highest BCUT2D eigenvalue weighted by molar-refractivity contribution is 6.06. The first kappa shape index (κ1) is 16.7. The van der Waals surface area contributed by atoms with Gasteiger partial charge in [-0.2, -0.15) is 0 Å². The van der Waals surface area contributed by atoms with E-state index in [1.54, 1.807) is 0 Å². The maximum atomic E-state index is 12.6. The fourth-order valence-electron chi connectivity index (χ4n) is 3.32. The van der Waals surface area contributed by atoms with Crippen molar-refractivity contribution in [2.24, 2.45) is 0 Å². The smallest absolute Gasteiger partial charge is 0.291 e. The molecule has 0 atom stereocenters. The summed E-state index contributed by atoms with van der Waals surface area (Å²) in [5.74, 6) is 0.137. The third-order valence-corrected chi connectivity index (χ3v) is 4.80. The van der Waals surface area contributed by atoms with Crippen molar-refractivity contribution in [3.05, 3.63) is 59.4 Å². The molecular formula is C21H22N2O3. The number of benzene rings is 2. The van der Waals surface area contributed by atoms with Crippen LogP contribution in [-0.2, 0) is 4.74 Å². The predicted molar refractivity (Wildman–Crippen MR) is 103 cm³/mol. The van der Waals surface area contributed by atoms with E-state index in [4.69, 9.17) is 9.15 Å². The molecule has 0 unspecified atom stereocenters. The molecule has 134 valence electrons. The molecule has 4 rings (SSSR count). The van der Waals surface area contributed by atoms with E-state index in [1.807, 2.05) is 56.3 Å². The second kappa shape index (κ2) is 6.84. The molecule has 1 aliphatic heterocycles. The van der Waals surface area contributed by atoms with Crippen molar-refractivity contribution in [1.82, 2.24) is 0 Å². The van der Waals surface area contributed by atoms with E-state index in [1.165, 1.54) is 0 Å². The van der Waals surface area contributed by atoms with Gasteiger partial charge >= 0.3 is 0 Å².